The van der Waals surface area contributed by atoms with Crippen molar-refractivity contribution in [3.8, 4) is 0 Å². The van der Waals surface area contributed by atoms with Crippen LogP contribution >= 0.6 is 0 Å². The quantitative estimate of drug-likeness (QED) is 0.878. The fraction of sp³-hybridized carbons (Fsp3) is 0.533. The summed E-state index contributed by atoms with van der Waals surface area (Å²) in [6.45, 7) is 4.43. The second-order valence-corrected chi connectivity index (χ2v) is 5.23. The smallest absolute Gasteiger partial charge is 0.112 e. The van der Waals surface area contributed by atoms with Crippen molar-refractivity contribution in [2.75, 3.05) is 13.1 Å². The van der Waals surface area contributed by atoms with Crippen LogP contribution in [0.3, 0.4) is 0 Å². The van der Waals surface area contributed by atoms with E-state index in [1.165, 1.54) is 29.7 Å². The molecule has 1 aliphatic rings. The van der Waals surface area contributed by atoms with Gasteiger partial charge in [0, 0.05) is 13.0 Å². The van der Waals surface area contributed by atoms with E-state index in [0.29, 0.717) is 5.92 Å². The lowest BCUT2D eigenvalue weighted by molar-refractivity contribution is 0.438. The molecule has 0 saturated carbocycles. The minimum atomic E-state index is 0.619. The molecule has 1 aromatic carbocycles. The Morgan fingerprint density at radius 2 is 2.11 bits per heavy atom. The number of hydrogen-bond donors (Lipinski definition) is 1. The number of nitrogens with zero attached hydrogens (tertiary/aromatic N) is 2. The van der Waals surface area contributed by atoms with E-state index >= 15 is 0 Å². The van der Waals surface area contributed by atoms with E-state index in [1.54, 1.807) is 0 Å². The third-order valence-electron chi connectivity index (χ3n) is 4.09. The van der Waals surface area contributed by atoms with Crippen LogP contribution in [0.15, 0.2) is 18.2 Å². The van der Waals surface area contributed by atoms with Crippen LogP contribution in [0.25, 0.3) is 11.0 Å². The number of fused-ring (bicyclic) bond motifs is 1. The molecule has 96 valence electrons. The van der Waals surface area contributed by atoms with Crippen LogP contribution in [0.5, 0.6) is 0 Å². The molecule has 0 spiro atoms. The third-order valence-corrected chi connectivity index (χ3v) is 4.09. The summed E-state index contributed by atoms with van der Waals surface area (Å²) in [5, 5.41) is 3.42. The summed E-state index contributed by atoms with van der Waals surface area (Å²) in [4.78, 5) is 4.88. The van der Waals surface area contributed by atoms with Gasteiger partial charge in [-0.15, -0.1) is 0 Å². The maximum Gasteiger partial charge on any atom is 0.112 e. The third kappa shape index (κ3) is 1.93. The Morgan fingerprint density at radius 3 is 2.83 bits per heavy atom. The summed E-state index contributed by atoms with van der Waals surface area (Å²) in [5.74, 6) is 1.88. The van der Waals surface area contributed by atoms with E-state index in [1.807, 2.05) is 0 Å². The predicted molar refractivity (Wildman–Crippen MR) is 74.9 cm³/mol. The molecule has 1 fully saturated rings. The van der Waals surface area contributed by atoms with Gasteiger partial charge in [0.1, 0.15) is 5.82 Å². The number of aryl methyl sites for hydroxylation is 2. The van der Waals surface area contributed by atoms with Gasteiger partial charge in [0.2, 0.25) is 0 Å². The summed E-state index contributed by atoms with van der Waals surface area (Å²) >= 11 is 0. The van der Waals surface area contributed by atoms with Crippen molar-refractivity contribution in [3.05, 3.63) is 29.6 Å². The molecule has 0 unspecified atom stereocenters. The molecule has 1 saturated heterocycles. The van der Waals surface area contributed by atoms with Crippen LogP contribution in [-0.4, -0.2) is 22.6 Å². The Bertz CT molecular complexity index is 550. The van der Waals surface area contributed by atoms with Gasteiger partial charge in [-0.25, -0.2) is 4.98 Å². The molecule has 3 rings (SSSR count). The first kappa shape index (κ1) is 11.7. The zero-order valence-electron chi connectivity index (χ0n) is 11.2. The zero-order valence-corrected chi connectivity index (χ0v) is 11.2. The van der Waals surface area contributed by atoms with Crippen LogP contribution in [-0.2, 0) is 13.5 Å². The number of nitrogens with one attached hydrogen (secondary N) is 1. The molecular formula is C15H21N3. The van der Waals surface area contributed by atoms with E-state index in [9.17, 15) is 0 Å². The van der Waals surface area contributed by atoms with Crippen LogP contribution < -0.4 is 5.32 Å². The van der Waals surface area contributed by atoms with Gasteiger partial charge in [-0.2, -0.15) is 0 Å². The van der Waals surface area contributed by atoms with Crippen LogP contribution in [0.2, 0.25) is 0 Å². The minimum absolute atomic E-state index is 0.619. The molecule has 0 aliphatic carbocycles. The Hall–Kier alpha value is -1.35. The van der Waals surface area contributed by atoms with Gasteiger partial charge >= 0.3 is 0 Å². The zero-order chi connectivity index (χ0) is 12.5. The maximum atomic E-state index is 4.88. The molecular weight excluding hydrogens is 222 g/mol. The highest BCUT2D eigenvalue weighted by Crippen LogP contribution is 2.27. The standard InChI is InChI=1S/C15H21N3/c1-3-11-4-5-14-13(10-11)17-15(18(14)2)12-6-8-16-9-7-12/h4-5,10,12,16H,3,6-9H2,1-2H3. The van der Waals surface area contributed by atoms with E-state index < -0.39 is 0 Å². The fourth-order valence-corrected chi connectivity index (χ4v) is 2.93. The Balaban J connectivity index is 2.04. The average molecular weight is 243 g/mol. The number of aromatic nitrogens is 2. The molecule has 18 heavy (non-hydrogen) atoms. The van der Waals surface area contributed by atoms with Crippen molar-refractivity contribution in [2.24, 2.45) is 7.05 Å². The van der Waals surface area contributed by atoms with E-state index in [2.05, 4.69) is 42.1 Å². The van der Waals surface area contributed by atoms with Crippen molar-refractivity contribution in [3.63, 3.8) is 0 Å². The lowest BCUT2D eigenvalue weighted by Crippen LogP contribution is -2.27. The van der Waals surface area contributed by atoms with Crippen LogP contribution in [0.1, 0.15) is 37.1 Å². The fourth-order valence-electron chi connectivity index (χ4n) is 2.93. The first-order chi connectivity index (χ1) is 8.79. The SMILES string of the molecule is CCc1ccc2c(c1)nc(C1CCNCC1)n2C. The lowest BCUT2D eigenvalue weighted by Gasteiger charge is -2.22. The average Bonchev–Trinajstić information content (AvgIpc) is 2.76. The van der Waals surface area contributed by atoms with Gasteiger partial charge in [0.05, 0.1) is 11.0 Å². The van der Waals surface area contributed by atoms with Gasteiger partial charge in [0.15, 0.2) is 0 Å². The molecule has 1 aromatic heterocycles. The molecule has 1 aliphatic heterocycles. The second kappa shape index (κ2) is 4.73. The van der Waals surface area contributed by atoms with Crippen molar-refractivity contribution in [1.82, 2.24) is 14.9 Å². The van der Waals surface area contributed by atoms with Gasteiger partial charge < -0.3 is 9.88 Å². The summed E-state index contributed by atoms with van der Waals surface area (Å²) in [5.41, 5.74) is 3.79. The molecule has 2 heterocycles. The normalized spacial score (nSPS) is 17.4. The number of hydrogen-bond acceptors (Lipinski definition) is 2. The summed E-state index contributed by atoms with van der Waals surface area (Å²) < 4.78 is 2.28. The molecule has 2 aromatic rings. The first-order valence-corrected chi connectivity index (χ1v) is 6.95. The van der Waals surface area contributed by atoms with Crippen molar-refractivity contribution >= 4 is 11.0 Å². The van der Waals surface area contributed by atoms with Gasteiger partial charge in [-0.05, 0) is 50.0 Å². The molecule has 0 atom stereocenters. The summed E-state index contributed by atoms with van der Waals surface area (Å²) in [7, 11) is 2.15. The highest BCUT2D eigenvalue weighted by atomic mass is 15.1. The molecule has 3 heteroatoms. The lowest BCUT2D eigenvalue weighted by atomic mass is 9.97. The number of benzene rings is 1. The summed E-state index contributed by atoms with van der Waals surface area (Å²) in [6.07, 6.45) is 3.49. The topological polar surface area (TPSA) is 29.9 Å². The van der Waals surface area contributed by atoms with Crippen LogP contribution in [0, 0.1) is 0 Å². The number of piperidine rings is 1. The van der Waals surface area contributed by atoms with Crippen LogP contribution in [0.4, 0.5) is 0 Å². The molecule has 1 N–H and O–H groups in total. The van der Waals surface area contributed by atoms with Gasteiger partial charge in [0.25, 0.3) is 0 Å². The van der Waals surface area contributed by atoms with E-state index in [0.717, 1.165) is 25.0 Å². The monoisotopic (exact) mass is 243 g/mol. The second-order valence-electron chi connectivity index (χ2n) is 5.23. The molecule has 3 nitrogen and oxygen atoms in total. The minimum Gasteiger partial charge on any atom is -0.331 e. The molecule has 0 amide bonds. The molecule has 0 bridgehead atoms. The number of imidazole rings is 1. The Kier molecular flexibility index (Phi) is 3.08. The maximum absolute atomic E-state index is 4.88. The highest BCUT2D eigenvalue weighted by molar-refractivity contribution is 5.77. The Labute approximate surface area is 108 Å². The van der Waals surface area contributed by atoms with E-state index in [4.69, 9.17) is 4.98 Å². The Morgan fingerprint density at radius 1 is 1.33 bits per heavy atom. The molecule has 0 radical (unpaired) electrons. The number of rotatable bonds is 2. The first-order valence-electron chi connectivity index (χ1n) is 6.95. The van der Waals surface area contributed by atoms with Crippen molar-refractivity contribution in [2.45, 2.75) is 32.1 Å². The van der Waals surface area contributed by atoms with Gasteiger partial charge in [-0.1, -0.05) is 13.0 Å². The summed E-state index contributed by atoms with van der Waals surface area (Å²) in [6, 6.07) is 6.67. The highest BCUT2D eigenvalue weighted by Gasteiger charge is 2.20. The van der Waals surface area contributed by atoms with Crippen molar-refractivity contribution in [1.29, 1.82) is 0 Å². The van der Waals surface area contributed by atoms with Gasteiger partial charge in [-0.3, -0.25) is 0 Å². The largest absolute Gasteiger partial charge is 0.331 e. The van der Waals surface area contributed by atoms with Crippen molar-refractivity contribution < 1.29 is 0 Å². The predicted octanol–water partition coefficient (Wildman–Crippen LogP) is 2.60. The van der Waals surface area contributed by atoms with E-state index in [-0.39, 0.29) is 0 Å².